The molecule has 0 spiro atoms. The SMILES string of the molecule is COC(=O)[C@H]1C[C@@H]1C(=O)c1ccc(C)c2ccccc12. The zero-order valence-electron chi connectivity index (χ0n) is 11.6. The van der Waals surface area contributed by atoms with Crippen LogP contribution in [0.25, 0.3) is 10.8 Å². The van der Waals surface area contributed by atoms with Crippen molar-refractivity contribution in [3.05, 3.63) is 47.5 Å². The number of carbonyl (C=O) groups is 2. The number of hydrogen-bond acceptors (Lipinski definition) is 3. The first-order chi connectivity index (χ1) is 9.63. The third kappa shape index (κ3) is 1.99. The Hall–Kier alpha value is -2.16. The number of ketones is 1. The third-order valence-corrected chi connectivity index (χ3v) is 4.04. The van der Waals surface area contributed by atoms with Gasteiger partial charge in [-0.05, 0) is 29.7 Å². The lowest BCUT2D eigenvalue weighted by Crippen LogP contribution is -2.10. The summed E-state index contributed by atoms with van der Waals surface area (Å²) in [7, 11) is 1.36. The first-order valence-electron chi connectivity index (χ1n) is 6.74. The van der Waals surface area contributed by atoms with Crippen LogP contribution < -0.4 is 0 Å². The Morgan fingerprint density at radius 1 is 1.05 bits per heavy atom. The zero-order chi connectivity index (χ0) is 14.3. The Bertz CT molecular complexity index is 702. The van der Waals surface area contributed by atoms with Crippen molar-refractivity contribution in [2.45, 2.75) is 13.3 Å². The van der Waals surface area contributed by atoms with Crippen LogP contribution in [0.5, 0.6) is 0 Å². The second-order valence-electron chi connectivity index (χ2n) is 5.31. The van der Waals surface area contributed by atoms with Gasteiger partial charge in [0.1, 0.15) is 0 Å². The molecular weight excluding hydrogens is 252 g/mol. The molecule has 1 saturated carbocycles. The van der Waals surface area contributed by atoms with Gasteiger partial charge in [-0.15, -0.1) is 0 Å². The van der Waals surface area contributed by atoms with E-state index >= 15 is 0 Å². The van der Waals surface area contributed by atoms with Crippen LogP contribution in [0.1, 0.15) is 22.3 Å². The lowest BCUT2D eigenvalue weighted by atomic mass is 9.96. The molecule has 0 aromatic heterocycles. The first-order valence-corrected chi connectivity index (χ1v) is 6.74. The molecule has 3 nitrogen and oxygen atoms in total. The summed E-state index contributed by atoms with van der Waals surface area (Å²) in [5.41, 5.74) is 1.86. The average molecular weight is 268 g/mol. The molecule has 0 radical (unpaired) electrons. The number of hydrogen-bond donors (Lipinski definition) is 0. The van der Waals surface area contributed by atoms with Gasteiger partial charge in [0.05, 0.1) is 13.0 Å². The number of esters is 1. The van der Waals surface area contributed by atoms with E-state index < -0.39 is 0 Å². The fourth-order valence-corrected chi connectivity index (χ4v) is 2.76. The van der Waals surface area contributed by atoms with E-state index in [9.17, 15) is 9.59 Å². The molecule has 3 rings (SSSR count). The molecule has 0 heterocycles. The number of fused-ring (bicyclic) bond motifs is 1. The normalized spacial score (nSPS) is 20.7. The molecule has 3 heteroatoms. The highest BCUT2D eigenvalue weighted by molar-refractivity contribution is 6.12. The number of methoxy groups -OCH3 is 1. The summed E-state index contributed by atoms with van der Waals surface area (Å²) in [6.07, 6.45) is 0.605. The lowest BCUT2D eigenvalue weighted by Gasteiger charge is -2.08. The largest absolute Gasteiger partial charge is 0.469 e. The predicted octanol–water partition coefficient (Wildman–Crippen LogP) is 3.14. The van der Waals surface area contributed by atoms with Gasteiger partial charge in [-0.2, -0.15) is 0 Å². The molecule has 1 fully saturated rings. The van der Waals surface area contributed by atoms with Crippen molar-refractivity contribution in [3.8, 4) is 0 Å². The Balaban J connectivity index is 1.98. The summed E-state index contributed by atoms with van der Waals surface area (Å²) >= 11 is 0. The maximum absolute atomic E-state index is 12.6. The molecule has 0 unspecified atom stereocenters. The average Bonchev–Trinajstić information content (AvgIpc) is 3.27. The van der Waals surface area contributed by atoms with E-state index in [0.29, 0.717) is 12.0 Å². The molecule has 102 valence electrons. The van der Waals surface area contributed by atoms with Crippen LogP contribution in [0.4, 0.5) is 0 Å². The summed E-state index contributed by atoms with van der Waals surface area (Å²) < 4.78 is 4.71. The van der Waals surface area contributed by atoms with E-state index in [1.54, 1.807) is 0 Å². The Morgan fingerprint density at radius 3 is 2.45 bits per heavy atom. The van der Waals surface area contributed by atoms with Crippen molar-refractivity contribution in [3.63, 3.8) is 0 Å². The van der Waals surface area contributed by atoms with Crippen molar-refractivity contribution in [2.24, 2.45) is 11.8 Å². The molecule has 1 aliphatic rings. The van der Waals surface area contributed by atoms with Crippen LogP contribution >= 0.6 is 0 Å². The second-order valence-corrected chi connectivity index (χ2v) is 5.31. The van der Waals surface area contributed by atoms with Crippen molar-refractivity contribution in [1.29, 1.82) is 0 Å². The molecule has 0 aliphatic heterocycles. The molecule has 1 aliphatic carbocycles. The van der Waals surface area contributed by atoms with Crippen molar-refractivity contribution in [2.75, 3.05) is 7.11 Å². The predicted molar refractivity (Wildman–Crippen MR) is 76.6 cm³/mol. The first kappa shape index (κ1) is 12.9. The fraction of sp³-hybridized carbons (Fsp3) is 0.294. The number of aryl methyl sites for hydroxylation is 1. The van der Waals surface area contributed by atoms with Crippen LogP contribution in [-0.2, 0) is 9.53 Å². The Labute approximate surface area is 117 Å². The molecule has 2 aromatic rings. The second kappa shape index (κ2) is 4.75. The molecule has 0 bridgehead atoms. The van der Waals surface area contributed by atoms with Crippen molar-refractivity contribution in [1.82, 2.24) is 0 Å². The highest BCUT2D eigenvalue weighted by Gasteiger charge is 2.49. The molecule has 0 N–H and O–H groups in total. The highest BCUT2D eigenvalue weighted by Crippen LogP contribution is 2.42. The minimum absolute atomic E-state index is 0.0524. The summed E-state index contributed by atoms with van der Waals surface area (Å²) in [6, 6.07) is 11.7. The van der Waals surface area contributed by atoms with Gasteiger partial charge in [-0.1, -0.05) is 36.4 Å². The quantitative estimate of drug-likeness (QED) is 0.634. The number of Topliss-reactive ketones (excluding diaryl/α,β-unsaturated/α-hetero) is 1. The van der Waals surface area contributed by atoms with Crippen LogP contribution in [0, 0.1) is 18.8 Å². The maximum atomic E-state index is 12.6. The summed E-state index contributed by atoms with van der Waals surface area (Å²) in [5, 5.41) is 2.06. The highest BCUT2D eigenvalue weighted by atomic mass is 16.5. The number of carbonyl (C=O) groups excluding carboxylic acids is 2. The van der Waals surface area contributed by atoms with Gasteiger partial charge >= 0.3 is 5.97 Å². The van der Waals surface area contributed by atoms with E-state index in [1.807, 2.05) is 43.3 Å². The molecular formula is C17H16O3. The monoisotopic (exact) mass is 268 g/mol. The number of rotatable bonds is 3. The van der Waals surface area contributed by atoms with Gasteiger partial charge in [0.15, 0.2) is 5.78 Å². The van der Waals surface area contributed by atoms with E-state index in [2.05, 4.69) is 0 Å². The van der Waals surface area contributed by atoms with Crippen LogP contribution in [0.2, 0.25) is 0 Å². The zero-order valence-corrected chi connectivity index (χ0v) is 11.6. The Morgan fingerprint density at radius 2 is 1.75 bits per heavy atom. The summed E-state index contributed by atoms with van der Waals surface area (Å²) in [6.45, 7) is 2.03. The van der Waals surface area contributed by atoms with Crippen LogP contribution in [-0.4, -0.2) is 18.9 Å². The summed E-state index contributed by atoms with van der Waals surface area (Å²) in [5.74, 6) is -0.697. The van der Waals surface area contributed by atoms with E-state index in [4.69, 9.17) is 4.74 Å². The van der Waals surface area contributed by atoms with Gasteiger partial charge in [0, 0.05) is 11.5 Å². The van der Waals surface area contributed by atoms with E-state index in [1.165, 1.54) is 7.11 Å². The number of ether oxygens (including phenoxy) is 1. The Kier molecular flexibility index (Phi) is 3.05. The summed E-state index contributed by atoms with van der Waals surface area (Å²) in [4.78, 5) is 24.0. The third-order valence-electron chi connectivity index (χ3n) is 4.04. The van der Waals surface area contributed by atoms with Crippen LogP contribution in [0.15, 0.2) is 36.4 Å². The standard InChI is InChI=1S/C17H16O3/c1-10-7-8-13(12-6-4-3-5-11(10)12)16(18)14-9-15(14)17(19)20-2/h3-8,14-15H,9H2,1-2H3/t14-,15-/m0/s1. The van der Waals surface area contributed by atoms with Crippen LogP contribution in [0.3, 0.4) is 0 Å². The molecule has 2 atom stereocenters. The smallest absolute Gasteiger partial charge is 0.309 e. The minimum atomic E-state index is -0.278. The van der Waals surface area contributed by atoms with Crippen molar-refractivity contribution < 1.29 is 14.3 Å². The lowest BCUT2D eigenvalue weighted by molar-refractivity contribution is -0.142. The molecule has 0 saturated heterocycles. The topological polar surface area (TPSA) is 43.4 Å². The van der Waals surface area contributed by atoms with Crippen molar-refractivity contribution >= 4 is 22.5 Å². The molecule has 20 heavy (non-hydrogen) atoms. The van der Waals surface area contributed by atoms with E-state index in [0.717, 1.165) is 16.3 Å². The molecule has 2 aromatic carbocycles. The number of benzene rings is 2. The van der Waals surface area contributed by atoms with Gasteiger partial charge in [-0.3, -0.25) is 9.59 Å². The van der Waals surface area contributed by atoms with Gasteiger partial charge in [0.2, 0.25) is 0 Å². The van der Waals surface area contributed by atoms with E-state index in [-0.39, 0.29) is 23.6 Å². The minimum Gasteiger partial charge on any atom is -0.469 e. The van der Waals surface area contributed by atoms with Gasteiger partial charge in [-0.25, -0.2) is 0 Å². The maximum Gasteiger partial charge on any atom is 0.309 e. The molecule has 0 amide bonds. The van der Waals surface area contributed by atoms with Gasteiger partial charge < -0.3 is 4.74 Å². The van der Waals surface area contributed by atoms with Gasteiger partial charge in [0.25, 0.3) is 0 Å². The fourth-order valence-electron chi connectivity index (χ4n) is 2.76.